The largest absolute Gasteiger partial charge is 0.332 e. The van der Waals surface area contributed by atoms with E-state index in [-0.39, 0.29) is 11.1 Å². The van der Waals surface area contributed by atoms with E-state index in [9.17, 15) is 13.6 Å². The van der Waals surface area contributed by atoms with Gasteiger partial charge in [-0.2, -0.15) is 8.78 Å². The van der Waals surface area contributed by atoms with Gasteiger partial charge in [-0.05, 0) is 43.4 Å². The average Bonchev–Trinajstić information content (AvgIpc) is 2.61. The Morgan fingerprint density at radius 3 is 2.31 bits per heavy atom. The number of hydrogen-bond acceptors (Lipinski definition) is 1. The number of nitrogens with one attached hydrogen (secondary N) is 2. The quantitative estimate of drug-likeness (QED) is 0.737. The van der Waals surface area contributed by atoms with Crippen molar-refractivity contribution in [1.29, 1.82) is 0 Å². The van der Waals surface area contributed by atoms with Crippen LogP contribution in [0.25, 0.3) is 0 Å². The van der Waals surface area contributed by atoms with Gasteiger partial charge in [-0.15, -0.1) is 0 Å². The first-order valence-electron chi connectivity index (χ1n) is 8.62. The van der Waals surface area contributed by atoms with E-state index in [0.717, 1.165) is 24.8 Å². The topological polar surface area (TPSA) is 41.1 Å². The molecule has 0 atom stereocenters. The zero-order valence-electron chi connectivity index (χ0n) is 14.3. The van der Waals surface area contributed by atoms with Crippen LogP contribution >= 0.6 is 11.6 Å². The van der Waals surface area contributed by atoms with E-state index in [1.165, 1.54) is 12.1 Å². The van der Waals surface area contributed by atoms with E-state index in [4.69, 9.17) is 11.6 Å². The van der Waals surface area contributed by atoms with E-state index in [0.29, 0.717) is 11.4 Å². The molecule has 0 saturated heterocycles. The first-order chi connectivity index (χ1) is 12.4. The highest BCUT2D eigenvalue weighted by molar-refractivity contribution is 6.30. The fraction of sp³-hybridized carbons (Fsp3) is 0.350. The van der Waals surface area contributed by atoms with E-state index in [1.54, 1.807) is 18.2 Å². The Bertz CT molecular complexity index is 746. The summed E-state index contributed by atoms with van der Waals surface area (Å²) in [7, 11) is 0. The van der Waals surface area contributed by atoms with E-state index >= 15 is 0 Å². The molecule has 3 nitrogen and oxygen atoms in total. The van der Waals surface area contributed by atoms with Gasteiger partial charge < -0.3 is 10.6 Å². The van der Waals surface area contributed by atoms with Gasteiger partial charge in [0, 0.05) is 16.1 Å². The summed E-state index contributed by atoms with van der Waals surface area (Å²) in [5.41, 5.74) is 0.573. The van der Waals surface area contributed by atoms with Crippen LogP contribution in [0.2, 0.25) is 5.02 Å². The summed E-state index contributed by atoms with van der Waals surface area (Å²) in [6.45, 7) is -0.736. The third-order valence-electron chi connectivity index (χ3n) is 4.81. The van der Waals surface area contributed by atoms with Crippen LogP contribution in [0, 0.1) is 0 Å². The van der Waals surface area contributed by atoms with Gasteiger partial charge in [-0.3, -0.25) is 0 Å². The van der Waals surface area contributed by atoms with Gasteiger partial charge in [0.15, 0.2) is 0 Å². The molecule has 0 heterocycles. The molecule has 6 heteroatoms. The normalized spacial score (nSPS) is 15.8. The van der Waals surface area contributed by atoms with Crippen LogP contribution in [-0.4, -0.2) is 18.1 Å². The number of alkyl halides is 2. The minimum absolute atomic E-state index is 0.111. The molecule has 26 heavy (non-hydrogen) atoms. The number of halogens is 3. The summed E-state index contributed by atoms with van der Waals surface area (Å²) >= 11 is 5.90. The van der Waals surface area contributed by atoms with Gasteiger partial charge in [0.25, 0.3) is 5.92 Å². The maximum absolute atomic E-state index is 14.2. The number of carbonyl (C=O) groups excluding carboxylic acids is 1. The van der Waals surface area contributed by atoms with Crippen molar-refractivity contribution < 1.29 is 13.6 Å². The third kappa shape index (κ3) is 4.52. The van der Waals surface area contributed by atoms with Gasteiger partial charge in [0.2, 0.25) is 0 Å². The average molecular weight is 379 g/mol. The Morgan fingerprint density at radius 2 is 1.73 bits per heavy atom. The maximum Gasteiger partial charge on any atom is 0.315 e. The lowest BCUT2D eigenvalue weighted by atomic mass is 9.73. The smallest absolute Gasteiger partial charge is 0.315 e. The molecule has 0 aromatic heterocycles. The van der Waals surface area contributed by atoms with Crippen molar-refractivity contribution in [2.75, 3.05) is 6.54 Å². The van der Waals surface area contributed by atoms with Crippen molar-refractivity contribution in [3.63, 3.8) is 0 Å². The molecule has 1 fully saturated rings. The van der Waals surface area contributed by atoms with Crippen LogP contribution in [0.3, 0.4) is 0 Å². The lowest BCUT2D eigenvalue weighted by molar-refractivity contribution is -0.000962. The molecule has 0 unspecified atom stereocenters. The number of amides is 2. The number of rotatable bonds is 6. The van der Waals surface area contributed by atoms with E-state index in [1.807, 2.05) is 24.3 Å². The first kappa shape index (κ1) is 18.6. The molecule has 2 aromatic rings. The van der Waals surface area contributed by atoms with Crippen molar-refractivity contribution in [3.05, 3.63) is 70.7 Å². The second-order valence-corrected chi connectivity index (χ2v) is 7.25. The molecular formula is C20H21ClF2N2O. The van der Waals surface area contributed by atoms with Gasteiger partial charge >= 0.3 is 6.03 Å². The third-order valence-corrected chi connectivity index (χ3v) is 5.06. The van der Waals surface area contributed by atoms with Crippen molar-refractivity contribution in [1.82, 2.24) is 10.6 Å². The summed E-state index contributed by atoms with van der Waals surface area (Å²) < 4.78 is 28.3. The molecule has 1 saturated carbocycles. The Balaban J connectivity index is 1.57. The lowest BCUT2D eigenvalue weighted by Gasteiger charge is -2.43. The highest BCUT2D eigenvalue weighted by Gasteiger charge is 2.39. The Labute approximate surface area is 156 Å². The van der Waals surface area contributed by atoms with E-state index in [2.05, 4.69) is 10.6 Å². The monoisotopic (exact) mass is 378 g/mol. The highest BCUT2D eigenvalue weighted by Crippen LogP contribution is 2.35. The van der Waals surface area contributed by atoms with E-state index < -0.39 is 18.5 Å². The van der Waals surface area contributed by atoms with Crippen LogP contribution in [0.1, 0.15) is 30.4 Å². The number of benzene rings is 2. The summed E-state index contributed by atoms with van der Waals surface area (Å²) in [6.07, 6.45) is 3.33. The fourth-order valence-electron chi connectivity index (χ4n) is 3.20. The molecule has 0 spiro atoms. The Hall–Kier alpha value is -2.14. The predicted molar refractivity (Wildman–Crippen MR) is 98.6 cm³/mol. The van der Waals surface area contributed by atoms with Crippen LogP contribution in [0.15, 0.2) is 54.6 Å². The van der Waals surface area contributed by atoms with Crippen molar-refractivity contribution >= 4 is 17.6 Å². The molecule has 2 amide bonds. The minimum Gasteiger partial charge on any atom is -0.332 e. The summed E-state index contributed by atoms with van der Waals surface area (Å²) in [5, 5.41) is 5.88. The molecule has 2 N–H and O–H groups in total. The zero-order valence-corrected chi connectivity index (χ0v) is 15.0. The van der Waals surface area contributed by atoms with Crippen LogP contribution in [0.5, 0.6) is 0 Å². The fourth-order valence-corrected chi connectivity index (χ4v) is 3.33. The van der Waals surface area contributed by atoms with Gasteiger partial charge in [-0.1, -0.05) is 54.1 Å². The molecule has 3 rings (SSSR count). The van der Waals surface area contributed by atoms with Crippen molar-refractivity contribution in [2.24, 2.45) is 0 Å². The van der Waals surface area contributed by atoms with Gasteiger partial charge in [0.1, 0.15) is 0 Å². The number of hydrogen-bond donors (Lipinski definition) is 2. The van der Waals surface area contributed by atoms with Crippen LogP contribution < -0.4 is 10.6 Å². The van der Waals surface area contributed by atoms with Crippen molar-refractivity contribution in [2.45, 2.75) is 37.1 Å². The second kappa shape index (κ2) is 7.62. The summed E-state index contributed by atoms with van der Waals surface area (Å²) in [4.78, 5) is 12.2. The van der Waals surface area contributed by atoms with Crippen molar-refractivity contribution in [3.8, 4) is 0 Å². The van der Waals surface area contributed by atoms with Crippen LogP contribution in [0.4, 0.5) is 13.6 Å². The first-order valence-corrected chi connectivity index (χ1v) is 9.00. The SMILES string of the molecule is O=C(NCC(F)(F)c1ccccc1)NC1(Cc2ccc(Cl)cc2)CCC1. The lowest BCUT2D eigenvalue weighted by Crippen LogP contribution is -2.58. The predicted octanol–water partition coefficient (Wildman–Crippen LogP) is 4.90. The van der Waals surface area contributed by atoms with Crippen LogP contribution in [-0.2, 0) is 12.3 Å². The molecule has 138 valence electrons. The minimum atomic E-state index is -3.11. The molecular weight excluding hydrogens is 358 g/mol. The summed E-state index contributed by atoms with van der Waals surface area (Å²) in [5.74, 6) is -3.11. The van der Waals surface area contributed by atoms with Gasteiger partial charge in [0.05, 0.1) is 6.54 Å². The molecule has 0 bridgehead atoms. The Morgan fingerprint density at radius 1 is 1.08 bits per heavy atom. The standard InChI is InChI=1S/C20H21ClF2N2O/c21-17-9-7-15(8-10-17)13-19(11-4-12-19)25-18(26)24-14-20(22,23)16-5-2-1-3-6-16/h1-3,5-10H,4,11-14H2,(H2,24,25,26). The number of carbonyl (C=O) groups is 1. The van der Waals surface area contributed by atoms with Gasteiger partial charge in [-0.25, -0.2) is 4.79 Å². The molecule has 1 aliphatic rings. The number of urea groups is 1. The maximum atomic E-state index is 14.2. The molecule has 2 aromatic carbocycles. The summed E-state index contributed by atoms with van der Waals surface area (Å²) in [6, 6.07) is 14.4. The molecule has 0 aliphatic heterocycles. The molecule has 1 aliphatic carbocycles. The Kier molecular flexibility index (Phi) is 5.47. The second-order valence-electron chi connectivity index (χ2n) is 6.82. The zero-order chi connectivity index (χ0) is 18.6. The molecule has 0 radical (unpaired) electrons. The highest BCUT2D eigenvalue weighted by atomic mass is 35.5.